The first-order valence-corrected chi connectivity index (χ1v) is 12.4. The van der Waals surface area contributed by atoms with Crippen molar-refractivity contribution in [3.05, 3.63) is 65.4 Å². The van der Waals surface area contributed by atoms with Gasteiger partial charge >= 0.3 is 5.97 Å². The summed E-state index contributed by atoms with van der Waals surface area (Å²) in [4.78, 5) is 30.3. The maximum Gasteiger partial charge on any atom is 0.339 e. The number of nitrogens with one attached hydrogen (secondary N) is 1. The summed E-state index contributed by atoms with van der Waals surface area (Å²) in [6, 6.07) is 13.3. The summed E-state index contributed by atoms with van der Waals surface area (Å²) >= 11 is 0. The zero-order chi connectivity index (χ0) is 22.7. The fraction of sp³-hybridized carbons (Fsp3) is 0.292. The molecule has 2 aromatic carbocycles. The van der Waals surface area contributed by atoms with Crippen LogP contribution in [0.3, 0.4) is 0 Å². The molecule has 4 rings (SSSR count). The normalized spacial score (nSPS) is 13.8. The standard InChI is InChI=1S/C24H24N2O5S/c1-32(29,30)17-13-11-16(12-14-17)25-22(27)15-31-24(28)23-18-7-3-2-4-9-20(18)26-21-10-6-5-8-19(21)23/h5-6,8,10-14H,2-4,7,9,15H2,1H3,(H,25,27). The first-order chi connectivity index (χ1) is 15.3. The Balaban J connectivity index is 1.50. The van der Waals surface area contributed by atoms with Crippen molar-refractivity contribution in [3.8, 4) is 0 Å². The maximum absolute atomic E-state index is 13.1. The minimum Gasteiger partial charge on any atom is -0.452 e. The van der Waals surface area contributed by atoms with Crippen LogP contribution in [0.5, 0.6) is 0 Å². The van der Waals surface area contributed by atoms with Crippen molar-refractivity contribution in [2.45, 2.75) is 37.0 Å². The number of hydrogen-bond acceptors (Lipinski definition) is 6. The number of hydrogen-bond donors (Lipinski definition) is 1. The van der Waals surface area contributed by atoms with Gasteiger partial charge in [0.15, 0.2) is 16.4 Å². The lowest BCUT2D eigenvalue weighted by molar-refractivity contribution is -0.119. The van der Waals surface area contributed by atoms with Crippen LogP contribution in [0.1, 0.15) is 40.9 Å². The summed E-state index contributed by atoms with van der Waals surface area (Å²) < 4.78 is 28.5. The molecule has 0 unspecified atom stereocenters. The van der Waals surface area contributed by atoms with Crippen molar-refractivity contribution < 1.29 is 22.7 Å². The zero-order valence-corrected chi connectivity index (χ0v) is 18.6. The molecule has 0 spiro atoms. The van der Waals surface area contributed by atoms with Gasteiger partial charge < -0.3 is 10.1 Å². The van der Waals surface area contributed by atoms with Gasteiger partial charge in [-0.2, -0.15) is 0 Å². The van der Waals surface area contributed by atoms with Crippen LogP contribution >= 0.6 is 0 Å². The fourth-order valence-electron chi connectivity index (χ4n) is 3.97. The Kier molecular flexibility index (Phi) is 6.23. The first-order valence-electron chi connectivity index (χ1n) is 10.5. The van der Waals surface area contributed by atoms with Crippen molar-refractivity contribution in [1.29, 1.82) is 0 Å². The van der Waals surface area contributed by atoms with Crippen LogP contribution in [0.4, 0.5) is 5.69 Å². The molecule has 1 aromatic heterocycles. The lowest BCUT2D eigenvalue weighted by Crippen LogP contribution is -2.22. The number of carbonyl (C=O) groups is 2. The van der Waals surface area contributed by atoms with Crippen molar-refractivity contribution in [2.24, 2.45) is 0 Å². The van der Waals surface area contributed by atoms with Gasteiger partial charge in [0, 0.05) is 23.0 Å². The summed E-state index contributed by atoms with van der Waals surface area (Å²) in [5, 5.41) is 3.34. The second-order valence-electron chi connectivity index (χ2n) is 7.91. The summed E-state index contributed by atoms with van der Waals surface area (Å²) in [6.45, 7) is -0.446. The number of nitrogens with zero attached hydrogens (tertiary/aromatic N) is 1. The summed E-state index contributed by atoms with van der Waals surface area (Å²) in [5.74, 6) is -1.04. The van der Waals surface area contributed by atoms with Gasteiger partial charge in [0.2, 0.25) is 0 Å². The van der Waals surface area contributed by atoms with E-state index in [9.17, 15) is 18.0 Å². The summed E-state index contributed by atoms with van der Waals surface area (Å²) in [5.41, 5.74) is 3.52. The molecule has 0 saturated carbocycles. The van der Waals surface area contributed by atoms with E-state index < -0.39 is 28.3 Å². The number of fused-ring (bicyclic) bond motifs is 2. The second kappa shape index (κ2) is 9.08. The second-order valence-corrected chi connectivity index (χ2v) is 9.93. The van der Waals surface area contributed by atoms with E-state index in [1.165, 1.54) is 24.3 Å². The number of ether oxygens (including phenoxy) is 1. The highest BCUT2D eigenvalue weighted by molar-refractivity contribution is 7.90. The molecular formula is C24H24N2O5S. The largest absolute Gasteiger partial charge is 0.452 e. The van der Waals surface area contributed by atoms with Gasteiger partial charge in [0.25, 0.3) is 5.91 Å². The number of carbonyl (C=O) groups excluding carboxylic acids is 2. The molecule has 7 nitrogen and oxygen atoms in total. The lowest BCUT2D eigenvalue weighted by atomic mass is 9.97. The van der Waals surface area contributed by atoms with Crippen LogP contribution in [0, 0.1) is 0 Å². The van der Waals surface area contributed by atoms with E-state index in [-0.39, 0.29) is 4.90 Å². The molecule has 1 amide bonds. The van der Waals surface area contributed by atoms with E-state index in [1.54, 1.807) is 0 Å². The highest BCUT2D eigenvalue weighted by Gasteiger charge is 2.23. The summed E-state index contributed by atoms with van der Waals surface area (Å²) in [6.07, 6.45) is 5.80. The number of pyridine rings is 1. The van der Waals surface area contributed by atoms with E-state index >= 15 is 0 Å². The molecule has 0 atom stereocenters. The molecule has 1 heterocycles. The van der Waals surface area contributed by atoms with Crippen LogP contribution in [0.2, 0.25) is 0 Å². The van der Waals surface area contributed by atoms with E-state index in [4.69, 9.17) is 9.72 Å². The van der Waals surface area contributed by atoms with Gasteiger partial charge in [-0.3, -0.25) is 9.78 Å². The highest BCUT2D eigenvalue weighted by Crippen LogP contribution is 2.29. The minimum absolute atomic E-state index is 0.159. The van der Waals surface area contributed by atoms with Crippen LogP contribution in [0.25, 0.3) is 10.9 Å². The van der Waals surface area contributed by atoms with Crippen LogP contribution in [-0.4, -0.2) is 38.1 Å². The molecule has 32 heavy (non-hydrogen) atoms. The van der Waals surface area contributed by atoms with Gasteiger partial charge in [-0.15, -0.1) is 0 Å². The molecule has 166 valence electrons. The quantitative estimate of drug-likeness (QED) is 0.468. The molecule has 1 aliphatic rings. The Morgan fingerprint density at radius 2 is 1.72 bits per heavy atom. The number of para-hydroxylation sites is 1. The molecule has 1 N–H and O–H groups in total. The van der Waals surface area contributed by atoms with Gasteiger partial charge in [-0.25, -0.2) is 13.2 Å². The third kappa shape index (κ3) is 4.80. The Hall–Kier alpha value is -3.26. The number of aromatic nitrogens is 1. The molecule has 0 bridgehead atoms. The topological polar surface area (TPSA) is 102 Å². The predicted octanol–water partition coefficient (Wildman–Crippen LogP) is 3.70. The number of benzene rings is 2. The molecule has 0 saturated heterocycles. The molecule has 8 heteroatoms. The fourth-order valence-corrected chi connectivity index (χ4v) is 4.60. The Bertz CT molecular complexity index is 1280. The van der Waals surface area contributed by atoms with Crippen LogP contribution < -0.4 is 5.32 Å². The third-order valence-electron chi connectivity index (χ3n) is 5.52. The number of amides is 1. The van der Waals surface area contributed by atoms with Gasteiger partial charge in [-0.1, -0.05) is 24.6 Å². The van der Waals surface area contributed by atoms with Gasteiger partial charge in [-0.05, 0) is 61.6 Å². The Morgan fingerprint density at radius 1 is 1.00 bits per heavy atom. The van der Waals surface area contributed by atoms with E-state index in [2.05, 4.69) is 5.32 Å². The van der Waals surface area contributed by atoms with Crippen molar-refractivity contribution in [3.63, 3.8) is 0 Å². The third-order valence-corrected chi connectivity index (χ3v) is 6.65. The monoisotopic (exact) mass is 452 g/mol. The Morgan fingerprint density at radius 3 is 2.47 bits per heavy atom. The average Bonchev–Trinajstić information content (AvgIpc) is 3.00. The smallest absolute Gasteiger partial charge is 0.339 e. The zero-order valence-electron chi connectivity index (χ0n) is 17.8. The van der Waals surface area contributed by atoms with E-state index in [0.717, 1.165) is 60.5 Å². The number of esters is 1. The molecule has 0 aliphatic heterocycles. The summed E-state index contributed by atoms with van der Waals surface area (Å²) in [7, 11) is -3.32. The number of sulfone groups is 1. The van der Waals surface area contributed by atoms with Gasteiger partial charge in [0.05, 0.1) is 16.0 Å². The van der Waals surface area contributed by atoms with Gasteiger partial charge in [0.1, 0.15) is 0 Å². The molecular weight excluding hydrogens is 428 g/mol. The number of aryl methyl sites for hydroxylation is 1. The van der Waals surface area contributed by atoms with Crippen molar-refractivity contribution in [2.75, 3.05) is 18.2 Å². The number of rotatable bonds is 5. The first kappa shape index (κ1) is 22.0. The van der Waals surface area contributed by atoms with E-state index in [1.807, 2.05) is 24.3 Å². The molecule has 0 radical (unpaired) electrons. The SMILES string of the molecule is CS(=O)(=O)c1ccc(NC(=O)COC(=O)c2c3c(nc4ccccc24)CCCCC3)cc1. The van der Waals surface area contributed by atoms with Crippen molar-refractivity contribution >= 4 is 38.3 Å². The van der Waals surface area contributed by atoms with Crippen molar-refractivity contribution in [1.82, 2.24) is 4.98 Å². The maximum atomic E-state index is 13.1. The van der Waals surface area contributed by atoms with Crippen LogP contribution in [0.15, 0.2) is 53.4 Å². The average molecular weight is 453 g/mol. The predicted molar refractivity (Wildman–Crippen MR) is 121 cm³/mol. The molecule has 0 fully saturated rings. The Labute approximate surface area is 186 Å². The van der Waals surface area contributed by atoms with E-state index in [0.29, 0.717) is 11.3 Å². The molecule has 1 aliphatic carbocycles. The van der Waals surface area contributed by atoms with Crippen LogP contribution in [-0.2, 0) is 32.2 Å². The molecule has 3 aromatic rings. The highest BCUT2D eigenvalue weighted by atomic mass is 32.2. The lowest BCUT2D eigenvalue weighted by Gasteiger charge is -2.15. The number of anilines is 1. The minimum atomic E-state index is -3.32.